The van der Waals surface area contributed by atoms with Crippen LogP contribution in [0.3, 0.4) is 0 Å². The maximum absolute atomic E-state index is 5.14. The number of aliphatic imine (C=N–C) groups is 1. The van der Waals surface area contributed by atoms with Crippen LogP contribution in [0.2, 0.25) is 0 Å². The molecule has 1 unspecified atom stereocenters. The SMILES string of the molecule is CN=C(NCc1ccc(N2CCC(C)CC2)nc1)NC1CCc2nc(COC)nn2C1.I. The summed E-state index contributed by atoms with van der Waals surface area (Å²) in [5.74, 6) is 4.47. The number of aromatic nitrogens is 4. The molecular formula is C22H35IN8O. The lowest BCUT2D eigenvalue weighted by molar-refractivity contribution is 0.177. The van der Waals surface area contributed by atoms with Crippen molar-refractivity contribution in [1.29, 1.82) is 0 Å². The number of fused-ring (bicyclic) bond motifs is 1. The van der Waals surface area contributed by atoms with Crippen molar-refractivity contribution in [3.63, 3.8) is 0 Å². The second kappa shape index (κ2) is 11.8. The topological polar surface area (TPSA) is 92.5 Å². The number of pyridine rings is 1. The molecule has 1 atom stereocenters. The molecule has 32 heavy (non-hydrogen) atoms. The van der Waals surface area contributed by atoms with Crippen LogP contribution in [0.25, 0.3) is 0 Å². The molecule has 2 N–H and O–H groups in total. The molecule has 176 valence electrons. The van der Waals surface area contributed by atoms with Crippen molar-refractivity contribution in [2.75, 3.05) is 32.1 Å². The Labute approximate surface area is 207 Å². The minimum Gasteiger partial charge on any atom is -0.377 e. The molecule has 0 aromatic carbocycles. The van der Waals surface area contributed by atoms with E-state index in [4.69, 9.17) is 4.74 Å². The van der Waals surface area contributed by atoms with E-state index in [1.165, 1.54) is 12.8 Å². The third-order valence-corrected chi connectivity index (χ3v) is 6.12. The van der Waals surface area contributed by atoms with Crippen LogP contribution in [-0.4, -0.2) is 59.0 Å². The number of rotatable bonds is 6. The molecule has 2 aromatic heterocycles. The average Bonchev–Trinajstić information content (AvgIpc) is 3.19. The molecule has 0 aliphatic carbocycles. The number of aryl methyl sites for hydroxylation is 1. The fourth-order valence-corrected chi connectivity index (χ4v) is 4.19. The molecule has 1 fully saturated rings. The zero-order valence-electron chi connectivity index (χ0n) is 19.3. The van der Waals surface area contributed by atoms with Gasteiger partial charge in [0.25, 0.3) is 0 Å². The minimum atomic E-state index is 0. The highest BCUT2D eigenvalue weighted by Gasteiger charge is 2.22. The Morgan fingerprint density at radius 1 is 1.25 bits per heavy atom. The minimum absolute atomic E-state index is 0. The Morgan fingerprint density at radius 3 is 2.75 bits per heavy atom. The molecular weight excluding hydrogens is 519 g/mol. The largest absolute Gasteiger partial charge is 0.377 e. The summed E-state index contributed by atoms with van der Waals surface area (Å²) in [5, 5.41) is 11.5. The molecule has 4 rings (SSSR count). The molecule has 0 radical (unpaired) electrons. The maximum atomic E-state index is 5.14. The Balaban J connectivity index is 0.00000289. The summed E-state index contributed by atoms with van der Waals surface area (Å²) in [6, 6.07) is 4.55. The van der Waals surface area contributed by atoms with Crippen LogP contribution in [0.1, 0.15) is 43.4 Å². The molecule has 0 spiro atoms. The first-order valence-electron chi connectivity index (χ1n) is 11.2. The van der Waals surface area contributed by atoms with E-state index in [2.05, 4.69) is 54.6 Å². The smallest absolute Gasteiger partial charge is 0.191 e. The van der Waals surface area contributed by atoms with E-state index >= 15 is 0 Å². The van der Waals surface area contributed by atoms with Crippen LogP contribution in [0.15, 0.2) is 23.3 Å². The van der Waals surface area contributed by atoms with Crippen molar-refractivity contribution in [3.05, 3.63) is 35.5 Å². The van der Waals surface area contributed by atoms with Crippen LogP contribution < -0.4 is 15.5 Å². The van der Waals surface area contributed by atoms with Gasteiger partial charge >= 0.3 is 0 Å². The number of methoxy groups -OCH3 is 1. The first-order chi connectivity index (χ1) is 15.1. The van der Waals surface area contributed by atoms with Crippen molar-refractivity contribution in [3.8, 4) is 0 Å². The van der Waals surface area contributed by atoms with Gasteiger partial charge in [-0.05, 0) is 36.8 Å². The predicted molar refractivity (Wildman–Crippen MR) is 136 cm³/mol. The van der Waals surface area contributed by atoms with Crippen molar-refractivity contribution >= 4 is 35.8 Å². The first-order valence-corrected chi connectivity index (χ1v) is 11.2. The van der Waals surface area contributed by atoms with E-state index in [0.29, 0.717) is 13.2 Å². The van der Waals surface area contributed by atoms with Crippen LogP contribution in [0.4, 0.5) is 5.82 Å². The molecule has 4 heterocycles. The maximum Gasteiger partial charge on any atom is 0.191 e. The predicted octanol–water partition coefficient (Wildman–Crippen LogP) is 2.35. The number of hydrogen-bond acceptors (Lipinski definition) is 6. The molecule has 2 aromatic rings. The zero-order chi connectivity index (χ0) is 21.6. The van der Waals surface area contributed by atoms with Crippen LogP contribution in [0.5, 0.6) is 0 Å². The van der Waals surface area contributed by atoms with Gasteiger partial charge in [-0.1, -0.05) is 13.0 Å². The number of halogens is 1. The fraction of sp³-hybridized carbons (Fsp3) is 0.636. The first kappa shape index (κ1) is 24.7. The number of anilines is 1. The second-order valence-corrected chi connectivity index (χ2v) is 8.56. The Bertz CT molecular complexity index is 877. The third-order valence-electron chi connectivity index (χ3n) is 6.12. The number of nitrogens with one attached hydrogen (secondary N) is 2. The Morgan fingerprint density at radius 2 is 2.06 bits per heavy atom. The van der Waals surface area contributed by atoms with E-state index in [1.54, 1.807) is 14.2 Å². The Hall–Kier alpha value is -1.95. The van der Waals surface area contributed by atoms with E-state index in [0.717, 1.165) is 67.4 Å². The van der Waals surface area contributed by atoms with Crippen molar-refractivity contribution in [1.82, 2.24) is 30.4 Å². The summed E-state index contributed by atoms with van der Waals surface area (Å²) < 4.78 is 7.12. The van der Waals surface area contributed by atoms with Gasteiger partial charge in [0, 0.05) is 52.5 Å². The van der Waals surface area contributed by atoms with E-state index < -0.39 is 0 Å². The van der Waals surface area contributed by atoms with Crippen LogP contribution >= 0.6 is 24.0 Å². The van der Waals surface area contributed by atoms with Gasteiger partial charge in [0.2, 0.25) is 0 Å². The van der Waals surface area contributed by atoms with Gasteiger partial charge in [-0.25, -0.2) is 14.6 Å². The van der Waals surface area contributed by atoms with Gasteiger partial charge < -0.3 is 20.3 Å². The molecule has 9 nitrogen and oxygen atoms in total. The number of nitrogens with zero attached hydrogens (tertiary/aromatic N) is 6. The van der Waals surface area contributed by atoms with E-state index in [-0.39, 0.29) is 30.0 Å². The number of ether oxygens (including phenoxy) is 1. The highest BCUT2D eigenvalue weighted by Crippen LogP contribution is 2.21. The lowest BCUT2D eigenvalue weighted by Gasteiger charge is -2.31. The summed E-state index contributed by atoms with van der Waals surface area (Å²) in [4.78, 5) is 16.0. The molecule has 2 aliphatic heterocycles. The third kappa shape index (κ3) is 6.31. The normalized spacial score (nSPS) is 19.3. The molecule has 0 bridgehead atoms. The van der Waals surface area contributed by atoms with E-state index in [1.807, 2.05) is 10.9 Å². The van der Waals surface area contributed by atoms with Gasteiger partial charge in [0.15, 0.2) is 11.8 Å². The van der Waals surface area contributed by atoms with Crippen molar-refractivity contribution < 1.29 is 4.74 Å². The quantitative estimate of drug-likeness (QED) is 0.322. The van der Waals surface area contributed by atoms with Gasteiger partial charge in [-0.15, -0.1) is 24.0 Å². The average molecular weight is 554 g/mol. The fourth-order valence-electron chi connectivity index (χ4n) is 4.19. The summed E-state index contributed by atoms with van der Waals surface area (Å²) in [6.07, 6.45) is 6.35. The summed E-state index contributed by atoms with van der Waals surface area (Å²) >= 11 is 0. The van der Waals surface area contributed by atoms with E-state index in [9.17, 15) is 0 Å². The summed E-state index contributed by atoms with van der Waals surface area (Å²) in [6.45, 7) is 6.44. The molecule has 10 heteroatoms. The lowest BCUT2D eigenvalue weighted by Crippen LogP contribution is -2.46. The van der Waals surface area contributed by atoms with Gasteiger partial charge in [0.1, 0.15) is 18.2 Å². The van der Waals surface area contributed by atoms with Crippen LogP contribution in [0, 0.1) is 5.92 Å². The second-order valence-electron chi connectivity index (χ2n) is 8.56. The molecule has 1 saturated heterocycles. The van der Waals surface area contributed by atoms with Crippen LogP contribution in [-0.2, 0) is 30.9 Å². The highest BCUT2D eigenvalue weighted by molar-refractivity contribution is 14.0. The number of guanidine groups is 1. The Kier molecular flexibility index (Phi) is 9.09. The molecule has 0 saturated carbocycles. The monoisotopic (exact) mass is 554 g/mol. The van der Waals surface area contributed by atoms with Gasteiger partial charge in [-0.3, -0.25) is 4.99 Å². The van der Waals surface area contributed by atoms with Crippen molar-refractivity contribution in [2.24, 2.45) is 10.9 Å². The number of hydrogen-bond donors (Lipinski definition) is 2. The summed E-state index contributed by atoms with van der Waals surface area (Å²) in [7, 11) is 3.46. The zero-order valence-corrected chi connectivity index (χ0v) is 21.6. The lowest BCUT2D eigenvalue weighted by atomic mass is 9.99. The standard InChI is InChI=1S/C22H34N8O.HI/c1-16-8-10-29(11-9-16)20-6-4-17(12-24-20)13-25-22(23-2)26-18-5-7-21-27-19(15-31-3)28-30(21)14-18;/h4,6,12,16,18H,5,7-11,13-15H2,1-3H3,(H2,23,25,26);1H. The summed E-state index contributed by atoms with van der Waals surface area (Å²) in [5.41, 5.74) is 1.14. The molecule has 0 amide bonds. The van der Waals surface area contributed by atoms with Gasteiger partial charge in [-0.2, -0.15) is 5.10 Å². The van der Waals surface area contributed by atoms with Gasteiger partial charge in [0.05, 0.1) is 6.54 Å². The molecule has 2 aliphatic rings. The highest BCUT2D eigenvalue weighted by atomic mass is 127. The van der Waals surface area contributed by atoms with Crippen molar-refractivity contribution in [2.45, 2.75) is 58.3 Å². The number of piperidine rings is 1.